The third-order valence-corrected chi connectivity index (χ3v) is 2.30. The van der Waals surface area contributed by atoms with E-state index < -0.39 is 0 Å². The maximum absolute atomic E-state index is 11.2. The number of carbonyl (C=O) groups is 1. The van der Waals surface area contributed by atoms with Crippen molar-refractivity contribution < 1.29 is 20.9 Å². The van der Waals surface area contributed by atoms with Crippen LogP contribution in [0.1, 0.15) is 17.3 Å². The molecule has 8 heteroatoms. The Hall–Kier alpha value is 0.639. The summed E-state index contributed by atoms with van der Waals surface area (Å²) < 4.78 is 7.00. The number of nitrogens with zero attached hydrogens (tertiary/aromatic N) is 2. The Labute approximate surface area is 117 Å². The van der Waals surface area contributed by atoms with Crippen LogP contribution in [0.4, 0.5) is 0 Å². The Balaban J connectivity index is 0.000000583. The van der Waals surface area contributed by atoms with E-state index in [0.717, 1.165) is 0 Å². The molecule has 0 aromatic carbocycles. The molecule has 0 unspecified atom stereocenters. The first-order chi connectivity index (χ1) is 7.08. The number of halogens is 3. The van der Waals surface area contributed by atoms with E-state index in [0.29, 0.717) is 16.8 Å². The molecule has 1 rings (SSSR count). The number of aromatic nitrogens is 2. The summed E-state index contributed by atoms with van der Waals surface area (Å²) in [5.41, 5.74) is 0.458. The molecule has 1 aromatic rings. The van der Waals surface area contributed by atoms with Crippen LogP contribution in [0.15, 0.2) is 10.8 Å². The molecule has 1 heterocycles. The van der Waals surface area contributed by atoms with Gasteiger partial charge in [-0.15, -0.1) is 0 Å². The predicted molar refractivity (Wildman–Crippen MR) is 64.7 cm³/mol. The number of aryl methyl sites for hydroxylation is 1. The van der Waals surface area contributed by atoms with Crippen molar-refractivity contribution in [3.63, 3.8) is 0 Å². The zero-order chi connectivity index (χ0) is 11.8. The van der Waals surface area contributed by atoms with Crippen LogP contribution in [0.2, 0.25) is 0 Å². The Morgan fingerprint density at radius 3 is 2.53 bits per heavy atom. The van der Waals surface area contributed by atoms with Crippen molar-refractivity contribution in [1.29, 1.82) is 0 Å². The van der Waals surface area contributed by atoms with E-state index in [9.17, 15) is 4.79 Å². The van der Waals surface area contributed by atoms with Crippen molar-refractivity contribution in [3.8, 4) is 0 Å². The van der Waals surface area contributed by atoms with Crippen LogP contribution in [0.3, 0.4) is 0 Å². The number of hydrogen-bond acceptors (Lipinski definition) is 3. The van der Waals surface area contributed by atoms with Crippen molar-refractivity contribution in [3.05, 3.63) is 16.4 Å². The molecule has 0 atom stereocenters. The van der Waals surface area contributed by atoms with Gasteiger partial charge in [-0.05, 0) is 22.9 Å². The second kappa shape index (κ2) is 8.75. The monoisotopic (exact) mass is 453 g/mol. The van der Waals surface area contributed by atoms with Gasteiger partial charge in [0.1, 0.15) is 10.2 Å². The molecule has 0 aliphatic heterocycles. The second-order valence-electron chi connectivity index (χ2n) is 2.24. The van der Waals surface area contributed by atoms with Gasteiger partial charge < -0.3 is 4.74 Å². The van der Waals surface area contributed by atoms with Gasteiger partial charge in [-0.3, -0.25) is 4.68 Å². The van der Waals surface area contributed by atoms with Crippen molar-refractivity contribution in [2.24, 2.45) is 7.05 Å². The molecule has 0 spiro atoms. The topological polar surface area (TPSA) is 44.1 Å². The fourth-order valence-electron chi connectivity index (χ4n) is 0.768. The van der Waals surface area contributed by atoms with Crippen LogP contribution in [0.5, 0.6) is 0 Å². The van der Waals surface area contributed by atoms with Crippen molar-refractivity contribution in [2.75, 3.05) is 6.61 Å². The molecule has 0 fully saturated rings. The molecule has 0 aliphatic carbocycles. The summed E-state index contributed by atoms with van der Waals surface area (Å²) >= 11 is 10.6. The zero-order valence-electron chi connectivity index (χ0n) is 7.93. The predicted octanol–water partition coefficient (Wildman–Crippen LogP) is 3.05. The van der Waals surface area contributed by atoms with Crippen molar-refractivity contribution in [1.82, 2.24) is 9.78 Å². The van der Waals surface area contributed by atoms with E-state index in [1.54, 1.807) is 18.7 Å². The molecule has 91 valence electrons. The molecular formula is C7H9Br3CuN2O2. The Bertz CT molecular complexity index is 319. The minimum atomic E-state index is -0.350. The van der Waals surface area contributed by atoms with Gasteiger partial charge in [0.2, 0.25) is 0 Å². The van der Waals surface area contributed by atoms with E-state index >= 15 is 0 Å². The molecular weight excluding hydrogens is 447 g/mol. The second-order valence-corrected chi connectivity index (χ2v) is 7.74. The molecule has 0 saturated carbocycles. The summed E-state index contributed by atoms with van der Waals surface area (Å²) in [5.74, 6) is -0.350. The van der Waals surface area contributed by atoms with Gasteiger partial charge in [0, 0.05) is 7.05 Å². The molecule has 0 aliphatic rings. The van der Waals surface area contributed by atoms with Gasteiger partial charge in [0.25, 0.3) is 0 Å². The number of rotatable bonds is 2. The summed E-state index contributed by atoms with van der Waals surface area (Å²) in [6, 6.07) is 0. The van der Waals surface area contributed by atoms with E-state index in [1.807, 2.05) is 0 Å². The first kappa shape index (κ1) is 15.6. The molecule has 0 radical (unpaired) electrons. The molecule has 1 aromatic heterocycles. The molecule has 15 heavy (non-hydrogen) atoms. The van der Waals surface area contributed by atoms with E-state index in [1.165, 1.54) is 17.5 Å². The summed E-state index contributed by atoms with van der Waals surface area (Å²) in [7, 11) is 1.74. The van der Waals surface area contributed by atoms with Gasteiger partial charge in [-0.25, -0.2) is 4.79 Å². The van der Waals surface area contributed by atoms with Gasteiger partial charge in [0.15, 0.2) is 0 Å². The standard InChI is InChI=1S/C7H9BrN2O2.2BrH.Cu/c1-3-12-7(11)5-4-9-10(2)6(5)8;;;/h4H,3H2,1-2H3;2*1H;/q;;;+2/p-2. The van der Waals surface area contributed by atoms with Crippen LogP contribution >= 0.6 is 44.2 Å². The summed E-state index contributed by atoms with van der Waals surface area (Å²) in [6.07, 6.45) is 1.47. The number of carbonyl (C=O) groups excluding carboxylic acids is 1. The quantitative estimate of drug-likeness (QED) is 0.508. The van der Waals surface area contributed by atoms with Gasteiger partial charge in [0.05, 0.1) is 12.8 Å². The van der Waals surface area contributed by atoms with E-state index in [4.69, 9.17) is 4.74 Å². The van der Waals surface area contributed by atoms with Crippen LogP contribution in [-0.2, 0) is 23.1 Å². The Morgan fingerprint density at radius 1 is 1.67 bits per heavy atom. The average molecular weight is 456 g/mol. The van der Waals surface area contributed by atoms with E-state index in [2.05, 4.69) is 49.2 Å². The first-order valence-electron chi connectivity index (χ1n) is 3.74. The number of esters is 1. The minimum absolute atomic E-state index is 0.350. The normalized spacial score (nSPS) is 9.40. The molecule has 0 amide bonds. The van der Waals surface area contributed by atoms with Crippen molar-refractivity contribution in [2.45, 2.75) is 6.92 Å². The molecule has 4 nitrogen and oxygen atoms in total. The van der Waals surface area contributed by atoms with E-state index in [-0.39, 0.29) is 5.97 Å². The molecule has 0 bridgehead atoms. The molecule has 0 saturated heterocycles. The third-order valence-electron chi connectivity index (χ3n) is 1.36. The van der Waals surface area contributed by atoms with Gasteiger partial charge in [-0.2, -0.15) is 5.10 Å². The van der Waals surface area contributed by atoms with Crippen LogP contribution < -0.4 is 0 Å². The fourth-order valence-corrected chi connectivity index (χ4v) is 1.12. The molecule has 0 N–H and O–H groups in total. The summed E-state index contributed by atoms with van der Waals surface area (Å²) in [5, 5.41) is 3.89. The average Bonchev–Trinajstić information content (AvgIpc) is 2.49. The summed E-state index contributed by atoms with van der Waals surface area (Å²) in [6.45, 7) is 2.14. The van der Waals surface area contributed by atoms with Crippen molar-refractivity contribution >= 4 is 50.1 Å². The third kappa shape index (κ3) is 5.49. The van der Waals surface area contributed by atoms with Gasteiger partial charge >= 0.3 is 45.5 Å². The van der Waals surface area contributed by atoms with Crippen LogP contribution in [0.25, 0.3) is 0 Å². The Kier molecular flexibility index (Phi) is 9.13. The maximum atomic E-state index is 11.2. The number of hydrogen-bond donors (Lipinski definition) is 0. The fraction of sp³-hybridized carbons (Fsp3) is 0.429. The first-order valence-corrected chi connectivity index (χ1v) is 9.19. The number of ether oxygens (including phenoxy) is 1. The Morgan fingerprint density at radius 2 is 2.20 bits per heavy atom. The van der Waals surface area contributed by atoms with Crippen LogP contribution in [-0.4, -0.2) is 22.4 Å². The zero-order valence-corrected chi connectivity index (χ0v) is 13.6. The summed E-state index contributed by atoms with van der Waals surface area (Å²) in [4.78, 5) is 11.2. The van der Waals surface area contributed by atoms with Gasteiger partial charge in [-0.1, -0.05) is 0 Å². The van der Waals surface area contributed by atoms with Crippen LogP contribution in [0, 0.1) is 0 Å². The SMILES string of the molecule is CCOC(=O)c1cnn(C)c1Br.[Br][Cu][Br].